The SMILES string of the molecule is CCn1nc(C)c(N)c1C(=O)NCc1cc(F)ccc1F. The number of hydrogen-bond donors (Lipinski definition) is 2. The highest BCUT2D eigenvalue weighted by Gasteiger charge is 2.19. The number of carbonyl (C=O) groups excluding carboxylic acids is 1. The second-order valence-corrected chi connectivity index (χ2v) is 4.58. The van der Waals surface area contributed by atoms with E-state index in [1.165, 1.54) is 4.68 Å². The van der Waals surface area contributed by atoms with Crippen LogP contribution in [0.25, 0.3) is 0 Å². The molecule has 0 aliphatic heterocycles. The van der Waals surface area contributed by atoms with Crippen molar-refractivity contribution in [3.63, 3.8) is 0 Å². The standard InChI is InChI=1S/C14H16F2N4O/c1-3-20-13(12(17)8(2)19-20)14(21)18-7-9-6-10(15)4-5-11(9)16/h4-6H,3,7,17H2,1-2H3,(H,18,21). The van der Waals surface area contributed by atoms with Crippen LogP contribution in [-0.4, -0.2) is 15.7 Å². The molecule has 0 radical (unpaired) electrons. The lowest BCUT2D eigenvalue weighted by atomic mass is 10.2. The highest BCUT2D eigenvalue weighted by atomic mass is 19.1. The summed E-state index contributed by atoms with van der Waals surface area (Å²) in [6, 6.07) is 3.08. The minimum absolute atomic E-state index is 0.0706. The predicted octanol–water partition coefficient (Wildman–Crippen LogP) is 2.00. The smallest absolute Gasteiger partial charge is 0.271 e. The summed E-state index contributed by atoms with van der Waals surface area (Å²) in [5.74, 6) is -1.61. The molecule has 0 saturated heterocycles. The second kappa shape index (κ2) is 5.90. The Balaban J connectivity index is 2.17. The van der Waals surface area contributed by atoms with Gasteiger partial charge < -0.3 is 11.1 Å². The van der Waals surface area contributed by atoms with Crippen LogP contribution < -0.4 is 11.1 Å². The van der Waals surface area contributed by atoms with Gasteiger partial charge in [-0.1, -0.05) is 0 Å². The van der Waals surface area contributed by atoms with Gasteiger partial charge in [-0.05, 0) is 32.0 Å². The average Bonchev–Trinajstić information content (AvgIpc) is 2.75. The summed E-state index contributed by atoms with van der Waals surface area (Å²) in [5.41, 5.74) is 6.96. The lowest BCUT2D eigenvalue weighted by molar-refractivity contribution is 0.0941. The lowest BCUT2D eigenvalue weighted by Crippen LogP contribution is -2.27. The molecule has 1 aromatic carbocycles. The first-order valence-corrected chi connectivity index (χ1v) is 6.49. The molecule has 0 fully saturated rings. The predicted molar refractivity (Wildman–Crippen MR) is 74.6 cm³/mol. The monoisotopic (exact) mass is 294 g/mol. The van der Waals surface area contributed by atoms with Gasteiger partial charge in [0.2, 0.25) is 0 Å². The molecule has 0 aliphatic rings. The minimum atomic E-state index is -0.579. The fourth-order valence-electron chi connectivity index (χ4n) is 2.00. The molecule has 0 saturated carbocycles. The highest BCUT2D eigenvalue weighted by molar-refractivity contribution is 5.97. The zero-order valence-electron chi connectivity index (χ0n) is 11.8. The number of aryl methyl sites for hydroxylation is 2. The van der Waals surface area contributed by atoms with Crippen LogP contribution in [0.2, 0.25) is 0 Å². The number of aromatic nitrogens is 2. The molecule has 0 unspecified atom stereocenters. The third-order valence-corrected chi connectivity index (χ3v) is 3.14. The fraction of sp³-hybridized carbons (Fsp3) is 0.286. The minimum Gasteiger partial charge on any atom is -0.395 e. The lowest BCUT2D eigenvalue weighted by Gasteiger charge is -2.08. The third kappa shape index (κ3) is 3.01. The van der Waals surface area contributed by atoms with Gasteiger partial charge in [0, 0.05) is 18.7 Å². The molecule has 1 aromatic heterocycles. The molecular formula is C14H16F2N4O. The van der Waals surface area contributed by atoms with Gasteiger partial charge in [0.05, 0.1) is 11.4 Å². The molecule has 1 heterocycles. The number of carbonyl (C=O) groups is 1. The quantitative estimate of drug-likeness (QED) is 0.906. The summed E-state index contributed by atoms with van der Waals surface area (Å²) < 4.78 is 28.0. The molecule has 0 bridgehead atoms. The van der Waals surface area contributed by atoms with Gasteiger partial charge in [-0.15, -0.1) is 0 Å². The van der Waals surface area contributed by atoms with Crippen molar-refractivity contribution in [2.45, 2.75) is 26.9 Å². The number of benzene rings is 1. The maximum Gasteiger partial charge on any atom is 0.271 e. The van der Waals surface area contributed by atoms with Crippen LogP contribution >= 0.6 is 0 Å². The van der Waals surface area contributed by atoms with Crippen LogP contribution in [-0.2, 0) is 13.1 Å². The molecule has 7 heteroatoms. The maximum absolute atomic E-state index is 13.5. The molecule has 5 nitrogen and oxygen atoms in total. The van der Waals surface area contributed by atoms with Gasteiger partial charge in [-0.25, -0.2) is 8.78 Å². The number of hydrogen-bond acceptors (Lipinski definition) is 3. The van der Waals surface area contributed by atoms with E-state index in [2.05, 4.69) is 10.4 Å². The fourth-order valence-corrected chi connectivity index (χ4v) is 2.00. The van der Waals surface area contributed by atoms with E-state index in [1.54, 1.807) is 6.92 Å². The van der Waals surface area contributed by atoms with Crippen molar-refractivity contribution in [2.24, 2.45) is 0 Å². The van der Waals surface area contributed by atoms with Crippen LogP contribution in [0.5, 0.6) is 0 Å². The van der Waals surface area contributed by atoms with Crippen molar-refractivity contribution in [3.05, 3.63) is 46.8 Å². The molecule has 2 aromatic rings. The Morgan fingerprint density at radius 2 is 2.14 bits per heavy atom. The van der Waals surface area contributed by atoms with Crippen molar-refractivity contribution in [2.75, 3.05) is 5.73 Å². The van der Waals surface area contributed by atoms with E-state index in [0.29, 0.717) is 12.2 Å². The molecular weight excluding hydrogens is 278 g/mol. The summed E-state index contributed by atoms with van der Waals surface area (Å²) >= 11 is 0. The van der Waals surface area contributed by atoms with Crippen molar-refractivity contribution >= 4 is 11.6 Å². The maximum atomic E-state index is 13.5. The second-order valence-electron chi connectivity index (χ2n) is 4.58. The third-order valence-electron chi connectivity index (χ3n) is 3.14. The van der Waals surface area contributed by atoms with Crippen LogP contribution in [0.1, 0.15) is 28.7 Å². The number of rotatable bonds is 4. The van der Waals surface area contributed by atoms with E-state index in [0.717, 1.165) is 18.2 Å². The van der Waals surface area contributed by atoms with Crippen LogP contribution in [0.3, 0.4) is 0 Å². The molecule has 21 heavy (non-hydrogen) atoms. The van der Waals surface area contributed by atoms with Crippen LogP contribution in [0, 0.1) is 18.6 Å². The Morgan fingerprint density at radius 1 is 1.43 bits per heavy atom. The summed E-state index contributed by atoms with van der Waals surface area (Å²) in [7, 11) is 0. The molecule has 112 valence electrons. The van der Waals surface area contributed by atoms with E-state index in [4.69, 9.17) is 5.73 Å². The van der Waals surface area contributed by atoms with Crippen LogP contribution in [0.4, 0.5) is 14.5 Å². The Hall–Kier alpha value is -2.44. The van der Waals surface area contributed by atoms with E-state index in [-0.39, 0.29) is 23.5 Å². The van der Waals surface area contributed by atoms with Gasteiger partial charge >= 0.3 is 0 Å². The van der Waals surface area contributed by atoms with Crippen molar-refractivity contribution < 1.29 is 13.6 Å². The average molecular weight is 294 g/mol. The molecule has 3 N–H and O–H groups in total. The first-order chi connectivity index (χ1) is 9.93. The van der Waals surface area contributed by atoms with Gasteiger partial charge in [0.15, 0.2) is 0 Å². The zero-order chi connectivity index (χ0) is 15.6. The summed E-state index contributed by atoms with van der Waals surface area (Å²) in [4.78, 5) is 12.2. The Labute approximate surface area is 120 Å². The molecule has 2 rings (SSSR count). The van der Waals surface area contributed by atoms with E-state index >= 15 is 0 Å². The zero-order valence-corrected chi connectivity index (χ0v) is 11.8. The van der Waals surface area contributed by atoms with Crippen molar-refractivity contribution in [1.29, 1.82) is 0 Å². The van der Waals surface area contributed by atoms with Crippen LogP contribution in [0.15, 0.2) is 18.2 Å². The number of nitrogens with zero attached hydrogens (tertiary/aromatic N) is 2. The van der Waals surface area contributed by atoms with Gasteiger partial charge in [-0.2, -0.15) is 5.10 Å². The van der Waals surface area contributed by atoms with Crippen molar-refractivity contribution in [3.8, 4) is 0 Å². The van der Waals surface area contributed by atoms with E-state index < -0.39 is 17.5 Å². The topological polar surface area (TPSA) is 72.9 Å². The summed E-state index contributed by atoms with van der Waals surface area (Å²) in [6.07, 6.45) is 0. The Kier molecular flexibility index (Phi) is 4.21. The van der Waals surface area contributed by atoms with Gasteiger partial charge in [0.25, 0.3) is 5.91 Å². The normalized spacial score (nSPS) is 10.7. The molecule has 0 atom stereocenters. The Bertz CT molecular complexity index is 682. The number of nitrogen functional groups attached to an aromatic ring is 1. The summed E-state index contributed by atoms with van der Waals surface area (Å²) in [5, 5.41) is 6.66. The van der Waals surface area contributed by atoms with E-state index in [9.17, 15) is 13.6 Å². The van der Waals surface area contributed by atoms with Crippen molar-refractivity contribution in [1.82, 2.24) is 15.1 Å². The Morgan fingerprint density at radius 3 is 2.81 bits per heavy atom. The van der Waals surface area contributed by atoms with Gasteiger partial charge in [-0.3, -0.25) is 9.48 Å². The number of nitrogens with two attached hydrogens (primary N) is 1. The first-order valence-electron chi connectivity index (χ1n) is 6.49. The number of nitrogens with one attached hydrogen (secondary N) is 1. The number of amides is 1. The molecule has 0 spiro atoms. The highest BCUT2D eigenvalue weighted by Crippen LogP contribution is 2.16. The first kappa shape index (κ1) is 15.0. The number of anilines is 1. The van der Waals surface area contributed by atoms with E-state index in [1.807, 2.05) is 6.92 Å². The molecule has 1 amide bonds. The van der Waals surface area contributed by atoms with Gasteiger partial charge in [0.1, 0.15) is 17.3 Å². The summed E-state index contributed by atoms with van der Waals surface area (Å²) in [6.45, 7) is 3.88. The molecule has 0 aliphatic carbocycles. The number of halogens is 2. The largest absolute Gasteiger partial charge is 0.395 e.